The highest BCUT2D eigenvalue weighted by Crippen LogP contribution is 2.49. The van der Waals surface area contributed by atoms with Crippen LogP contribution in [0.15, 0.2) is 66.7 Å². The van der Waals surface area contributed by atoms with E-state index in [0.29, 0.717) is 17.3 Å². The van der Waals surface area contributed by atoms with Crippen LogP contribution >= 0.6 is 11.8 Å². The van der Waals surface area contributed by atoms with E-state index in [1.54, 1.807) is 35.9 Å². The van der Waals surface area contributed by atoms with Crippen molar-refractivity contribution in [3.8, 4) is 17.2 Å². The van der Waals surface area contributed by atoms with Gasteiger partial charge in [0, 0.05) is 17.5 Å². The minimum absolute atomic E-state index is 0.149. The average molecular weight is 617 g/mol. The summed E-state index contributed by atoms with van der Waals surface area (Å²) in [6, 6.07) is 19.7. The Morgan fingerprint density at radius 1 is 1.05 bits per heavy atom. The Kier molecular flexibility index (Phi) is 9.01. The second kappa shape index (κ2) is 12.7. The molecule has 0 bridgehead atoms. The standard InChI is InChI=1S/C34H37FN4O4S/c1-21-8-7-9-25(16-21)39-33-30(32(37-39)34(2,3)4)31(23-12-15-26(42-5)27(17-23)43-6)44-20-29(41)38(33)19-28(40)36-18-22-10-13-24(35)14-11-22/h7-17,31H,18-20H2,1-6H3,(H,36,40). The Balaban J connectivity index is 1.65. The second-order valence-electron chi connectivity index (χ2n) is 11.8. The number of nitrogens with zero attached hydrogens (tertiary/aromatic N) is 3. The number of aromatic nitrogens is 2. The van der Waals surface area contributed by atoms with E-state index in [1.807, 2.05) is 49.4 Å². The molecule has 1 aliphatic rings. The van der Waals surface area contributed by atoms with Crippen molar-refractivity contribution in [2.45, 2.75) is 44.9 Å². The molecule has 8 nitrogen and oxygen atoms in total. The van der Waals surface area contributed by atoms with E-state index in [9.17, 15) is 14.0 Å². The van der Waals surface area contributed by atoms with Crippen LogP contribution in [0.3, 0.4) is 0 Å². The van der Waals surface area contributed by atoms with E-state index in [1.165, 1.54) is 23.9 Å². The monoisotopic (exact) mass is 616 g/mol. The van der Waals surface area contributed by atoms with Gasteiger partial charge in [-0.25, -0.2) is 9.07 Å². The Hall–Kier alpha value is -4.31. The minimum Gasteiger partial charge on any atom is -0.493 e. The van der Waals surface area contributed by atoms with Gasteiger partial charge in [-0.15, -0.1) is 11.8 Å². The SMILES string of the molecule is COc1ccc(C2SCC(=O)N(CC(=O)NCc3ccc(F)cc3)c3c2c(C(C)(C)C)nn3-c2cccc(C)c2)cc1OC. The number of ether oxygens (including phenoxy) is 2. The van der Waals surface area contributed by atoms with Gasteiger partial charge in [0.05, 0.1) is 36.6 Å². The minimum atomic E-state index is -0.390. The number of amides is 2. The van der Waals surface area contributed by atoms with Gasteiger partial charge in [0.25, 0.3) is 0 Å². The molecule has 2 heterocycles. The fraction of sp³-hybridized carbons (Fsp3) is 0.324. The predicted octanol–water partition coefficient (Wildman–Crippen LogP) is 6.12. The third-order valence-electron chi connectivity index (χ3n) is 7.46. The van der Waals surface area contributed by atoms with Crippen LogP contribution in [0.5, 0.6) is 11.5 Å². The third-order valence-corrected chi connectivity index (χ3v) is 8.72. The van der Waals surface area contributed by atoms with Crippen LogP contribution in [0.1, 0.15) is 54.0 Å². The van der Waals surface area contributed by atoms with Gasteiger partial charge in [-0.3, -0.25) is 14.5 Å². The van der Waals surface area contributed by atoms with Crippen LogP contribution < -0.4 is 19.7 Å². The Labute approximate surface area is 261 Å². The highest BCUT2D eigenvalue weighted by molar-refractivity contribution is 8.00. The van der Waals surface area contributed by atoms with Gasteiger partial charge in [-0.1, -0.05) is 51.1 Å². The van der Waals surface area contributed by atoms with Crippen LogP contribution in [-0.2, 0) is 21.5 Å². The molecular formula is C34H37FN4O4S. The molecule has 1 aromatic heterocycles. The highest BCUT2D eigenvalue weighted by atomic mass is 32.2. The van der Waals surface area contributed by atoms with Crippen molar-refractivity contribution in [2.24, 2.45) is 0 Å². The molecule has 1 aliphatic heterocycles. The summed E-state index contributed by atoms with van der Waals surface area (Å²) in [6.45, 7) is 8.30. The molecule has 0 saturated heterocycles. The first-order chi connectivity index (χ1) is 21.0. The number of aryl methyl sites for hydroxylation is 1. The number of fused-ring (bicyclic) bond motifs is 1. The first-order valence-corrected chi connectivity index (χ1v) is 15.4. The molecule has 44 heavy (non-hydrogen) atoms. The molecule has 2 amide bonds. The molecule has 4 aromatic rings. The molecule has 0 radical (unpaired) electrons. The second-order valence-corrected chi connectivity index (χ2v) is 12.9. The molecule has 0 spiro atoms. The van der Waals surface area contributed by atoms with E-state index >= 15 is 0 Å². The molecule has 230 valence electrons. The Bertz CT molecular complexity index is 1680. The van der Waals surface area contributed by atoms with Gasteiger partial charge in [0.1, 0.15) is 18.2 Å². The molecule has 0 aliphatic carbocycles. The number of nitrogens with one attached hydrogen (secondary N) is 1. The number of thioether (sulfide) groups is 1. The molecule has 0 fully saturated rings. The number of anilines is 1. The summed E-state index contributed by atoms with van der Waals surface area (Å²) < 4.78 is 26.3. The van der Waals surface area contributed by atoms with Crippen molar-refractivity contribution in [1.29, 1.82) is 0 Å². The molecule has 1 N–H and O–H groups in total. The normalized spacial score (nSPS) is 15.0. The van der Waals surface area contributed by atoms with Gasteiger partial charge in [0.2, 0.25) is 11.8 Å². The Morgan fingerprint density at radius 3 is 2.43 bits per heavy atom. The summed E-state index contributed by atoms with van der Waals surface area (Å²) in [4.78, 5) is 28.9. The van der Waals surface area contributed by atoms with Crippen LogP contribution in [0.4, 0.5) is 10.2 Å². The largest absolute Gasteiger partial charge is 0.493 e. The number of methoxy groups -OCH3 is 2. The first kappa shape index (κ1) is 31.1. The number of halogens is 1. The first-order valence-electron chi connectivity index (χ1n) is 14.4. The zero-order chi connectivity index (χ0) is 31.6. The van der Waals surface area contributed by atoms with Crippen molar-refractivity contribution in [1.82, 2.24) is 15.1 Å². The van der Waals surface area contributed by atoms with Crippen LogP contribution in [0, 0.1) is 12.7 Å². The van der Waals surface area contributed by atoms with E-state index in [4.69, 9.17) is 14.6 Å². The maximum absolute atomic E-state index is 13.9. The van der Waals surface area contributed by atoms with E-state index < -0.39 is 5.41 Å². The number of hydrogen-bond acceptors (Lipinski definition) is 6. The summed E-state index contributed by atoms with van der Waals surface area (Å²) in [5.41, 5.74) is 4.82. The quantitative estimate of drug-likeness (QED) is 0.257. The van der Waals surface area contributed by atoms with Crippen LogP contribution in [0.2, 0.25) is 0 Å². The van der Waals surface area contributed by atoms with Crippen molar-refractivity contribution in [3.63, 3.8) is 0 Å². The van der Waals surface area contributed by atoms with Gasteiger partial charge in [-0.2, -0.15) is 5.10 Å². The molecule has 3 aromatic carbocycles. The van der Waals surface area contributed by atoms with Crippen LogP contribution in [-0.4, -0.2) is 48.1 Å². The van der Waals surface area contributed by atoms with Crippen molar-refractivity contribution >= 4 is 29.4 Å². The zero-order valence-electron chi connectivity index (χ0n) is 25.8. The van der Waals surface area contributed by atoms with Gasteiger partial charge in [-0.05, 0) is 60.0 Å². The molecule has 10 heteroatoms. The molecule has 0 saturated carbocycles. The fourth-order valence-corrected chi connectivity index (χ4v) is 6.48. The van der Waals surface area contributed by atoms with Gasteiger partial charge in [0.15, 0.2) is 11.5 Å². The van der Waals surface area contributed by atoms with E-state index in [2.05, 4.69) is 26.1 Å². The Morgan fingerprint density at radius 2 is 1.77 bits per heavy atom. The smallest absolute Gasteiger partial charge is 0.240 e. The number of hydrogen-bond donors (Lipinski definition) is 1. The lowest BCUT2D eigenvalue weighted by Gasteiger charge is -2.25. The third kappa shape index (κ3) is 6.45. The van der Waals surface area contributed by atoms with Crippen molar-refractivity contribution in [2.75, 3.05) is 31.4 Å². The van der Waals surface area contributed by atoms with Crippen molar-refractivity contribution < 1.29 is 23.5 Å². The fourth-order valence-electron chi connectivity index (χ4n) is 5.29. The molecular weight excluding hydrogens is 579 g/mol. The molecule has 1 atom stereocenters. The van der Waals surface area contributed by atoms with Crippen LogP contribution in [0.25, 0.3) is 5.69 Å². The maximum Gasteiger partial charge on any atom is 0.240 e. The number of carbonyl (C=O) groups is 2. The highest BCUT2D eigenvalue weighted by Gasteiger charge is 2.40. The van der Waals surface area contributed by atoms with E-state index in [-0.39, 0.29) is 41.7 Å². The average Bonchev–Trinajstić information content (AvgIpc) is 3.34. The number of benzene rings is 3. The summed E-state index contributed by atoms with van der Waals surface area (Å²) in [6.07, 6.45) is 0. The lowest BCUT2D eigenvalue weighted by atomic mass is 9.87. The predicted molar refractivity (Wildman–Crippen MR) is 171 cm³/mol. The topological polar surface area (TPSA) is 85.7 Å². The zero-order valence-corrected chi connectivity index (χ0v) is 26.6. The van der Waals surface area contributed by atoms with Gasteiger partial charge < -0.3 is 14.8 Å². The molecule has 1 unspecified atom stereocenters. The van der Waals surface area contributed by atoms with Crippen molar-refractivity contribution in [3.05, 3.63) is 100 Å². The lowest BCUT2D eigenvalue weighted by molar-refractivity contribution is -0.123. The number of carbonyl (C=O) groups excluding carboxylic acids is 2. The van der Waals surface area contributed by atoms with E-state index in [0.717, 1.165) is 33.6 Å². The van der Waals surface area contributed by atoms with Gasteiger partial charge >= 0.3 is 0 Å². The maximum atomic E-state index is 13.9. The summed E-state index contributed by atoms with van der Waals surface area (Å²) in [5, 5.41) is 7.76. The number of rotatable bonds is 8. The summed E-state index contributed by atoms with van der Waals surface area (Å²) >= 11 is 1.50. The molecule has 5 rings (SSSR count). The lowest BCUT2D eigenvalue weighted by Crippen LogP contribution is -2.42. The summed E-state index contributed by atoms with van der Waals surface area (Å²) in [5.74, 6) is 1.02. The summed E-state index contributed by atoms with van der Waals surface area (Å²) in [7, 11) is 3.19.